The zero-order valence-electron chi connectivity index (χ0n) is 14.6. The molecule has 0 bridgehead atoms. The summed E-state index contributed by atoms with van der Waals surface area (Å²) in [4.78, 5) is 25.8. The van der Waals surface area contributed by atoms with Crippen LogP contribution >= 0.6 is 11.8 Å². The Morgan fingerprint density at radius 3 is 2.72 bits per heavy atom. The predicted octanol–water partition coefficient (Wildman–Crippen LogP) is -3.71. The Bertz CT molecular complexity index is 694. The first-order chi connectivity index (χ1) is 11.3. The van der Waals surface area contributed by atoms with Crippen LogP contribution in [-0.4, -0.2) is 54.7 Å². The van der Waals surface area contributed by atoms with E-state index in [1.807, 2.05) is 13.8 Å². The van der Waals surface area contributed by atoms with Crippen LogP contribution in [0.2, 0.25) is 0 Å². The topological polar surface area (TPSA) is 122 Å². The molecule has 1 unspecified atom stereocenters. The molecule has 3 heterocycles. The standard InChI is InChI=1S/C15H20N4O4S.Na/c1-6(4-9-5-16-18-17-9)24-13-7(2)11-10(8(3)20)14(21)19(11)12(13)15(22)23;/h5-8,10-11,20H,4H2,1-3H3,(H,22,23)(H,16,17,18);/q;+1/p-1/t6?,7-,8-,10-,11-;/m1./s1. The number of carboxylic acid groups (broad SMARTS) is 1. The van der Waals surface area contributed by atoms with Gasteiger partial charge in [0.25, 0.3) is 0 Å². The number of aliphatic hydroxyl groups is 1. The Balaban J connectivity index is 0.00000225. The number of nitrogens with zero attached hydrogens (tertiary/aromatic N) is 3. The quantitative estimate of drug-likeness (QED) is 0.388. The van der Waals surface area contributed by atoms with E-state index in [0.29, 0.717) is 11.3 Å². The minimum absolute atomic E-state index is 0. The number of hydrogen-bond donors (Lipinski definition) is 2. The third-order valence-corrected chi connectivity index (χ3v) is 5.98. The fourth-order valence-electron chi connectivity index (χ4n) is 3.55. The minimum atomic E-state index is -1.35. The van der Waals surface area contributed by atoms with Gasteiger partial charge < -0.3 is 19.9 Å². The largest absolute Gasteiger partial charge is 1.00 e. The van der Waals surface area contributed by atoms with Crippen LogP contribution in [0.4, 0.5) is 0 Å². The molecule has 8 nitrogen and oxygen atoms in total. The molecular weight excluding hydrogens is 355 g/mol. The zero-order chi connectivity index (χ0) is 17.6. The number of carbonyl (C=O) groups is 2. The predicted molar refractivity (Wildman–Crippen MR) is 84.1 cm³/mol. The van der Waals surface area contributed by atoms with E-state index >= 15 is 0 Å². The number of hydrogen-bond acceptors (Lipinski definition) is 7. The van der Waals surface area contributed by atoms with Crippen molar-refractivity contribution in [3.05, 3.63) is 22.5 Å². The summed E-state index contributed by atoms with van der Waals surface area (Å²) >= 11 is 1.41. The van der Waals surface area contributed by atoms with Crippen molar-refractivity contribution in [2.24, 2.45) is 11.8 Å². The van der Waals surface area contributed by atoms with Crippen LogP contribution in [0.25, 0.3) is 0 Å². The van der Waals surface area contributed by atoms with Gasteiger partial charge in [0.2, 0.25) is 5.91 Å². The first kappa shape index (κ1) is 20.4. The summed E-state index contributed by atoms with van der Waals surface area (Å²) in [5, 5.41) is 31.8. The molecule has 2 aliphatic rings. The molecule has 10 heteroatoms. The molecule has 1 amide bonds. The molecule has 2 aliphatic heterocycles. The molecule has 1 aromatic rings. The van der Waals surface area contributed by atoms with Gasteiger partial charge >= 0.3 is 29.6 Å². The number of aliphatic hydroxyl groups excluding tert-OH is 1. The zero-order valence-corrected chi connectivity index (χ0v) is 17.4. The van der Waals surface area contributed by atoms with Gasteiger partial charge in [-0.1, -0.05) is 13.8 Å². The molecule has 25 heavy (non-hydrogen) atoms. The number of aromatic nitrogens is 3. The second kappa shape index (κ2) is 7.79. The van der Waals surface area contributed by atoms with E-state index in [1.54, 1.807) is 13.1 Å². The second-order valence-electron chi connectivity index (χ2n) is 6.35. The minimum Gasteiger partial charge on any atom is -0.543 e. The first-order valence-electron chi connectivity index (χ1n) is 7.80. The van der Waals surface area contributed by atoms with Gasteiger partial charge in [-0.3, -0.25) is 4.79 Å². The van der Waals surface area contributed by atoms with Crippen LogP contribution in [0.1, 0.15) is 26.5 Å². The molecule has 130 valence electrons. The van der Waals surface area contributed by atoms with E-state index < -0.39 is 18.0 Å². The third kappa shape index (κ3) is 3.52. The number of β-lactam (4-membered cyclic amide) rings is 1. The van der Waals surface area contributed by atoms with E-state index in [1.165, 1.54) is 16.7 Å². The van der Waals surface area contributed by atoms with Gasteiger partial charge in [0.1, 0.15) is 0 Å². The van der Waals surface area contributed by atoms with E-state index in [0.717, 1.165) is 5.69 Å². The summed E-state index contributed by atoms with van der Waals surface area (Å²) in [5.41, 5.74) is 0.740. The number of H-pyrrole nitrogens is 1. The molecule has 0 aliphatic carbocycles. The summed E-state index contributed by atoms with van der Waals surface area (Å²) in [6, 6.07) is -0.313. The number of carbonyl (C=O) groups excluding carboxylic acids is 2. The van der Waals surface area contributed by atoms with E-state index in [-0.39, 0.29) is 58.4 Å². The van der Waals surface area contributed by atoms with Crippen LogP contribution in [0.3, 0.4) is 0 Å². The number of rotatable bonds is 6. The van der Waals surface area contributed by atoms with Crippen LogP contribution in [-0.2, 0) is 16.0 Å². The monoisotopic (exact) mass is 374 g/mol. The van der Waals surface area contributed by atoms with E-state index in [4.69, 9.17) is 0 Å². The number of aliphatic carboxylic acids is 1. The number of fused-ring (bicyclic) bond motifs is 1. The Hall–Kier alpha value is -0.870. The molecule has 0 spiro atoms. The van der Waals surface area contributed by atoms with Crippen LogP contribution in [0.5, 0.6) is 0 Å². The molecule has 1 saturated heterocycles. The van der Waals surface area contributed by atoms with E-state index in [9.17, 15) is 19.8 Å². The van der Waals surface area contributed by atoms with Crippen molar-refractivity contribution in [1.82, 2.24) is 20.3 Å². The maximum atomic E-state index is 12.2. The smallest absolute Gasteiger partial charge is 0.543 e. The molecule has 3 rings (SSSR count). The molecular formula is C15H19N4NaO4S. The molecule has 1 fully saturated rings. The SMILES string of the molecule is CC(Cc1cn[nH]n1)SC1=C(C(=O)[O-])N2C(=O)[C@H]([C@@H](C)O)[C@H]2[C@H]1C.[Na+]. The number of amides is 1. The Morgan fingerprint density at radius 1 is 1.52 bits per heavy atom. The number of nitrogens with one attached hydrogen (secondary N) is 1. The molecule has 2 N–H and O–H groups in total. The third-order valence-electron chi connectivity index (χ3n) is 4.59. The van der Waals surface area contributed by atoms with Crippen molar-refractivity contribution in [3.8, 4) is 0 Å². The van der Waals surface area contributed by atoms with Crippen molar-refractivity contribution in [1.29, 1.82) is 0 Å². The summed E-state index contributed by atoms with van der Waals surface area (Å²) in [6.07, 6.45) is 1.45. The fourth-order valence-corrected chi connectivity index (χ4v) is 4.88. The first-order valence-corrected chi connectivity index (χ1v) is 8.68. The van der Waals surface area contributed by atoms with Gasteiger partial charge in [-0.05, 0) is 6.92 Å². The van der Waals surface area contributed by atoms with Gasteiger partial charge in [0, 0.05) is 22.5 Å². The molecule has 0 radical (unpaired) electrons. The van der Waals surface area contributed by atoms with Gasteiger partial charge in [-0.25, -0.2) is 0 Å². The van der Waals surface area contributed by atoms with Crippen molar-refractivity contribution in [2.75, 3.05) is 0 Å². The Kier molecular flexibility index (Phi) is 6.37. The summed E-state index contributed by atoms with van der Waals surface area (Å²) < 4.78 is 0. The summed E-state index contributed by atoms with van der Waals surface area (Å²) in [6.45, 7) is 5.42. The van der Waals surface area contributed by atoms with Crippen molar-refractivity contribution in [2.45, 2.75) is 44.6 Å². The second-order valence-corrected chi connectivity index (χ2v) is 7.83. The number of carboxylic acids is 1. The van der Waals surface area contributed by atoms with Crippen LogP contribution < -0.4 is 34.7 Å². The molecule has 5 atom stereocenters. The Labute approximate surface area is 171 Å². The maximum Gasteiger partial charge on any atom is 1.00 e. The molecule has 1 aromatic heterocycles. The van der Waals surface area contributed by atoms with Gasteiger partial charge in [0.05, 0.1) is 41.6 Å². The average Bonchev–Trinajstić information content (AvgIpc) is 3.06. The summed E-state index contributed by atoms with van der Waals surface area (Å²) in [5.74, 6) is -2.41. The number of aromatic amines is 1. The van der Waals surface area contributed by atoms with Crippen molar-refractivity contribution < 1.29 is 49.4 Å². The fraction of sp³-hybridized carbons (Fsp3) is 0.600. The maximum absolute atomic E-state index is 12.2. The van der Waals surface area contributed by atoms with Crippen molar-refractivity contribution >= 4 is 23.6 Å². The van der Waals surface area contributed by atoms with Gasteiger partial charge in [-0.2, -0.15) is 15.4 Å². The number of thioether (sulfide) groups is 1. The average molecular weight is 374 g/mol. The normalized spacial score (nSPS) is 27.4. The van der Waals surface area contributed by atoms with Crippen molar-refractivity contribution in [3.63, 3.8) is 0 Å². The Morgan fingerprint density at radius 2 is 2.20 bits per heavy atom. The molecule has 0 aromatic carbocycles. The summed E-state index contributed by atoms with van der Waals surface area (Å²) in [7, 11) is 0. The molecule has 0 saturated carbocycles. The van der Waals surface area contributed by atoms with E-state index in [2.05, 4.69) is 15.4 Å². The van der Waals surface area contributed by atoms with Gasteiger partial charge in [0.15, 0.2) is 0 Å². The van der Waals surface area contributed by atoms with Crippen LogP contribution in [0, 0.1) is 11.8 Å². The van der Waals surface area contributed by atoms with Gasteiger partial charge in [-0.15, -0.1) is 11.8 Å². The van der Waals surface area contributed by atoms with Crippen LogP contribution in [0.15, 0.2) is 16.8 Å².